The number of ether oxygens (including phenoxy) is 1. The molecule has 2 fully saturated rings. The number of hydrogen-bond donors (Lipinski definition) is 1. The van der Waals surface area contributed by atoms with Crippen molar-refractivity contribution in [3.05, 3.63) is 0 Å². The molecule has 2 aliphatic rings. The van der Waals surface area contributed by atoms with E-state index in [9.17, 15) is 0 Å². The van der Waals surface area contributed by atoms with Gasteiger partial charge in [0, 0.05) is 25.2 Å². The van der Waals surface area contributed by atoms with Crippen molar-refractivity contribution in [2.24, 2.45) is 0 Å². The molecule has 2 saturated heterocycles. The fraction of sp³-hybridized carbons (Fsp3) is 1.00. The summed E-state index contributed by atoms with van der Waals surface area (Å²) in [4.78, 5) is 2.48. The van der Waals surface area contributed by atoms with E-state index in [1.165, 1.54) is 45.1 Å². The first-order chi connectivity index (χ1) is 8.25. The van der Waals surface area contributed by atoms with Crippen LogP contribution in [0, 0.1) is 0 Å². The first-order valence-electron chi connectivity index (χ1n) is 7.31. The number of nitrogens with one attached hydrogen (secondary N) is 1. The molecule has 1 N–H and O–H groups in total. The molecule has 0 aromatic carbocycles. The fourth-order valence-corrected chi connectivity index (χ4v) is 3.01. The van der Waals surface area contributed by atoms with Gasteiger partial charge < -0.3 is 15.0 Å². The highest BCUT2D eigenvalue weighted by molar-refractivity contribution is 4.79. The minimum atomic E-state index is 0.488. The number of likely N-dealkylation sites (N-methyl/N-ethyl adjacent to an activating group) is 1. The second-order valence-corrected chi connectivity index (χ2v) is 5.81. The van der Waals surface area contributed by atoms with Crippen LogP contribution in [0.4, 0.5) is 0 Å². The van der Waals surface area contributed by atoms with Crippen molar-refractivity contribution in [3.8, 4) is 0 Å². The second-order valence-electron chi connectivity index (χ2n) is 5.81. The summed E-state index contributed by atoms with van der Waals surface area (Å²) in [7, 11) is 2.25. The molecule has 0 bridgehead atoms. The topological polar surface area (TPSA) is 24.5 Å². The quantitative estimate of drug-likeness (QED) is 0.795. The summed E-state index contributed by atoms with van der Waals surface area (Å²) in [5.41, 5.74) is 0. The maximum atomic E-state index is 5.71. The average molecular weight is 240 g/mol. The second kappa shape index (κ2) is 6.72. The highest BCUT2D eigenvalue weighted by Crippen LogP contribution is 2.17. The van der Waals surface area contributed by atoms with Crippen molar-refractivity contribution in [1.29, 1.82) is 0 Å². The Kier molecular flexibility index (Phi) is 5.26. The summed E-state index contributed by atoms with van der Waals surface area (Å²) < 4.78 is 5.71. The van der Waals surface area contributed by atoms with Gasteiger partial charge in [-0.25, -0.2) is 0 Å². The number of piperidine rings is 1. The predicted molar refractivity (Wildman–Crippen MR) is 71.3 cm³/mol. The zero-order chi connectivity index (χ0) is 12.1. The Balaban J connectivity index is 1.68. The van der Waals surface area contributed by atoms with E-state index in [1.54, 1.807) is 0 Å². The molecule has 2 rings (SSSR count). The van der Waals surface area contributed by atoms with Gasteiger partial charge >= 0.3 is 0 Å². The number of hydrogen-bond acceptors (Lipinski definition) is 3. The Bertz CT molecular complexity index is 210. The van der Waals surface area contributed by atoms with Gasteiger partial charge in [0.15, 0.2) is 0 Å². The van der Waals surface area contributed by atoms with Crippen LogP contribution in [-0.4, -0.2) is 49.8 Å². The van der Waals surface area contributed by atoms with Crippen molar-refractivity contribution >= 4 is 0 Å². The Morgan fingerprint density at radius 2 is 2.18 bits per heavy atom. The molecule has 3 nitrogen and oxygen atoms in total. The summed E-state index contributed by atoms with van der Waals surface area (Å²) in [5.74, 6) is 0. The molecule has 3 heteroatoms. The normalized spacial score (nSPS) is 31.9. The molecule has 2 aliphatic heterocycles. The van der Waals surface area contributed by atoms with Crippen LogP contribution in [-0.2, 0) is 4.74 Å². The molecule has 3 unspecified atom stereocenters. The van der Waals surface area contributed by atoms with E-state index in [2.05, 4.69) is 24.2 Å². The van der Waals surface area contributed by atoms with E-state index in [1.807, 2.05) is 0 Å². The lowest BCUT2D eigenvalue weighted by Gasteiger charge is -2.32. The van der Waals surface area contributed by atoms with E-state index < -0.39 is 0 Å². The van der Waals surface area contributed by atoms with Crippen molar-refractivity contribution in [3.63, 3.8) is 0 Å². The molecule has 0 saturated carbocycles. The van der Waals surface area contributed by atoms with Crippen LogP contribution in [0.3, 0.4) is 0 Å². The molecule has 0 amide bonds. The van der Waals surface area contributed by atoms with Crippen molar-refractivity contribution < 1.29 is 4.74 Å². The Labute approximate surface area is 106 Å². The Hall–Kier alpha value is -0.120. The van der Waals surface area contributed by atoms with Gasteiger partial charge in [0.25, 0.3) is 0 Å². The molecule has 3 atom stereocenters. The van der Waals surface area contributed by atoms with Gasteiger partial charge in [-0.1, -0.05) is 6.42 Å². The Morgan fingerprint density at radius 3 is 2.82 bits per heavy atom. The molecule has 0 aromatic heterocycles. The molecule has 0 spiro atoms. The summed E-state index contributed by atoms with van der Waals surface area (Å²) in [6.45, 7) is 5.64. The average Bonchev–Trinajstić information content (AvgIpc) is 2.83. The third-order valence-corrected chi connectivity index (χ3v) is 4.31. The summed E-state index contributed by atoms with van der Waals surface area (Å²) in [6.07, 6.45) is 8.38. The van der Waals surface area contributed by atoms with Crippen LogP contribution in [0.15, 0.2) is 0 Å². The van der Waals surface area contributed by atoms with Gasteiger partial charge in [0.2, 0.25) is 0 Å². The molecule has 2 heterocycles. The van der Waals surface area contributed by atoms with E-state index in [4.69, 9.17) is 4.74 Å². The molecule has 100 valence electrons. The monoisotopic (exact) mass is 240 g/mol. The minimum absolute atomic E-state index is 0.488. The zero-order valence-corrected chi connectivity index (χ0v) is 11.5. The molecular weight excluding hydrogens is 212 g/mol. The molecule has 0 aliphatic carbocycles. The minimum Gasteiger partial charge on any atom is -0.377 e. The van der Waals surface area contributed by atoms with Gasteiger partial charge in [-0.3, -0.25) is 0 Å². The van der Waals surface area contributed by atoms with Gasteiger partial charge in [0.1, 0.15) is 0 Å². The van der Waals surface area contributed by atoms with Crippen molar-refractivity contribution in [2.45, 2.75) is 63.6 Å². The number of nitrogens with zero attached hydrogens (tertiary/aromatic N) is 1. The number of rotatable bonds is 5. The molecular formula is C14H28N2O. The summed E-state index contributed by atoms with van der Waals surface area (Å²) in [5, 5.41) is 3.64. The van der Waals surface area contributed by atoms with Gasteiger partial charge in [0.05, 0.1) is 6.10 Å². The first kappa shape index (κ1) is 13.3. The van der Waals surface area contributed by atoms with Crippen LogP contribution in [0.2, 0.25) is 0 Å². The van der Waals surface area contributed by atoms with E-state index in [-0.39, 0.29) is 0 Å². The SMILES string of the molecule is CC(CC1CCCCN1)N(C)CC1CCCO1. The van der Waals surface area contributed by atoms with Gasteiger partial charge in [-0.2, -0.15) is 0 Å². The van der Waals surface area contributed by atoms with Crippen LogP contribution < -0.4 is 5.32 Å². The fourth-order valence-electron chi connectivity index (χ4n) is 3.01. The zero-order valence-electron chi connectivity index (χ0n) is 11.5. The van der Waals surface area contributed by atoms with E-state index >= 15 is 0 Å². The maximum absolute atomic E-state index is 5.71. The Morgan fingerprint density at radius 1 is 1.29 bits per heavy atom. The maximum Gasteiger partial charge on any atom is 0.0702 e. The van der Waals surface area contributed by atoms with Gasteiger partial charge in [-0.15, -0.1) is 0 Å². The van der Waals surface area contributed by atoms with Crippen molar-refractivity contribution in [1.82, 2.24) is 10.2 Å². The molecule has 0 aromatic rings. The van der Waals surface area contributed by atoms with Crippen LogP contribution in [0.1, 0.15) is 45.4 Å². The lowest BCUT2D eigenvalue weighted by molar-refractivity contribution is 0.0669. The van der Waals surface area contributed by atoms with Crippen LogP contribution >= 0.6 is 0 Å². The third kappa shape index (κ3) is 4.23. The van der Waals surface area contributed by atoms with Gasteiger partial charge in [-0.05, 0) is 52.6 Å². The largest absolute Gasteiger partial charge is 0.377 e. The summed E-state index contributed by atoms with van der Waals surface area (Å²) in [6, 6.07) is 1.40. The third-order valence-electron chi connectivity index (χ3n) is 4.31. The van der Waals surface area contributed by atoms with E-state index in [0.717, 1.165) is 19.2 Å². The standard InChI is InChI=1S/C14H28N2O/c1-12(10-13-6-3-4-8-15-13)16(2)11-14-7-5-9-17-14/h12-15H,3-11H2,1-2H3. The smallest absolute Gasteiger partial charge is 0.0702 e. The highest BCUT2D eigenvalue weighted by Gasteiger charge is 2.22. The van der Waals surface area contributed by atoms with Crippen molar-refractivity contribution in [2.75, 3.05) is 26.7 Å². The highest BCUT2D eigenvalue weighted by atomic mass is 16.5. The lowest BCUT2D eigenvalue weighted by atomic mass is 9.98. The first-order valence-corrected chi connectivity index (χ1v) is 7.31. The van der Waals surface area contributed by atoms with Crippen LogP contribution in [0.5, 0.6) is 0 Å². The lowest BCUT2D eigenvalue weighted by Crippen LogP contribution is -2.42. The van der Waals surface area contributed by atoms with E-state index in [0.29, 0.717) is 12.1 Å². The predicted octanol–water partition coefficient (Wildman–Crippen LogP) is 2.02. The molecule has 17 heavy (non-hydrogen) atoms. The molecule has 0 radical (unpaired) electrons. The van der Waals surface area contributed by atoms with Crippen LogP contribution in [0.25, 0.3) is 0 Å². The summed E-state index contributed by atoms with van der Waals surface area (Å²) >= 11 is 0.